The Balaban J connectivity index is 4.78. The summed E-state index contributed by atoms with van der Waals surface area (Å²) in [6, 6.07) is 0. The van der Waals surface area contributed by atoms with Crippen molar-refractivity contribution >= 4 is 14.6 Å². The molecule has 0 saturated heterocycles. The van der Waals surface area contributed by atoms with Gasteiger partial charge < -0.3 is 18.3 Å². The van der Waals surface area contributed by atoms with Crippen LogP contribution in [0.3, 0.4) is 0 Å². The van der Waals surface area contributed by atoms with Crippen molar-refractivity contribution in [3.63, 3.8) is 0 Å². The summed E-state index contributed by atoms with van der Waals surface area (Å²) in [5, 5.41) is 0. The Morgan fingerprint density at radius 3 is 1.44 bits per heavy atom. The lowest BCUT2D eigenvalue weighted by atomic mass is 9.79. The van der Waals surface area contributed by atoms with Crippen LogP contribution in [-0.2, 0) is 28.1 Å². The van der Waals surface area contributed by atoms with Crippen molar-refractivity contribution in [2.75, 3.05) is 41.5 Å². The van der Waals surface area contributed by atoms with Crippen molar-refractivity contribution < 1.29 is 32.6 Å². The minimum atomic E-state index is -1.53. The second kappa shape index (κ2) is 40.2. The van der Waals surface area contributed by atoms with Crippen molar-refractivity contribution in [3.8, 4) is 0 Å². The molecule has 0 fully saturated rings. The molecule has 0 aliphatic heterocycles. The molecule has 0 rings (SSSR count). The van der Waals surface area contributed by atoms with E-state index in [9.17, 15) is 4.79 Å². The Bertz CT molecular complexity index is 1070. The Kier molecular flexibility index (Phi) is 39.3. The number of allylic oxidation sites excluding steroid dienone is 8. The van der Waals surface area contributed by atoms with Gasteiger partial charge in [-0.25, -0.2) is 4.89 Å². The summed E-state index contributed by atoms with van der Waals surface area (Å²) in [5.41, 5.74) is -0.147. The number of ether oxygens (including phenoxy) is 1. The van der Waals surface area contributed by atoms with Gasteiger partial charge in [0.25, 0.3) is 0 Å². The van der Waals surface area contributed by atoms with Gasteiger partial charge in [-0.15, -0.1) is 0 Å². The first-order valence-electron chi connectivity index (χ1n) is 25.1. The SMILES string of the molecule is CCCCC/C=C\C/C=C\CCCCCCCCC(CCCCCCCC/C=C\C/C=C\CCCCC)OC(=O)CCC[N+](C)(C)C(C)(C)CC(C)(C)COP(OC)OOC. The fourth-order valence-electron chi connectivity index (χ4n) is 7.98. The number of esters is 1. The first kappa shape index (κ1) is 59.7. The molecule has 0 amide bonds. The third kappa shape index (κ3) is 36.7. The molecule has 0 heterocycles. The molecular weight excluding hydrogens is 778 g/mol. The summed E-state index contributed by atoms with van der Waals surface area (Å²) in [4.78, 5) is 18.1. The molecule has 0 aliphatic carbocycles. The van der Waals surface area contributed by atoms with E-state index in [-0.39, 0.29) is 23.0 Å². The number of carbonyl (C=O) groups is 1. The van der Waals surface area contributed by atoms with Gasteiger partial charge in [0.05, 0.1) is 46.3 Å². The third-order valence-corrected chi connectivity index (χ3v) is 13.2. The molecule has 1 unspecified atom stereocenters. The van der Waals surface area contributed by atoms with Crippen LogP contribution in [0.2, 0.25) is 0 Å². The van der Waals surface area contributed by atoms with Crippen molar-refractivity contribution in [2.45, 2.75) is 239 Å². The molecule has 0 radical (unpaired) electrons. The van der Waals surface area contributed by atoms with Crippen molar-refractivity contribution in [1.29, 1.82) is 0 Å². The Labute approximate surface area is 380 Å². The average molecular weight is 879 g/mol. The Morgan fingerprint density at radius 2 is 1.02 bits per heavy atom. The molecule has 0 saturated carbocycles. The van der Waals surface area contributed by atoms with E-state index in [1.54, 1.807) is 7.11 Å². The zero-order chi connectivity index (χ0) is 45.3. The molecule has 358 valence electrons. The van der Waals surface area contributed by atoms with Crippen LogP contribution < -0.4 is 0 Å². The van der Waals surface area contributed by atoms with Gasteiger partial charge >= 0.3 is 14.6 Å². The van der Waals surface area contributed by atoms with Crippen LogP contribution >= 0.6 is 8.60 Å². The van der Waals surface area contributed by atoms with Crippen LogP contribution in [0.4, 0.5) is 0 Å². The zero-order valence-electron chi connectivity index (χ0n) is 42.0. The fraction of sp³-hybridized carbons (Fsp3) is 0.830. The standard InChI is InChI=1S/C53H101NO6P/c1-11-13-15-17-19-21-23-25-27-29-31-33-35-37-39-41-44-50(45-42-40-38-36-34-32-30-28-26-24-22-20-18-16-14-12-2)59-51(55)46-43-47-54(7,8)53(5,6)48-52(3,4)49-58-61(57-10)60-56-9/h19-22,25-28,50H,11-18,23-24,29-49H2,1-10H3/q+1/b21-19-,22-20-,27-25-,28-26-. The van der Waals surface area contributed by atoms with Crippen molar-refractivity contribution in [3.05, 3.63) is 48.6 Å². The van der Waals surface area contributed by atoms with Crippen LogP contribution in [0.5, 0.6) is 0 Å². The van der Waals surface area contributed by atoms with Crippen molar-refractivity contribution in [2.24, 2.45) is 5.41 Å². The highest BCUT2D eigenvalue weighted by molar-refractivity contribution is 7.41. The van der Waals surface area contributed by atoms with Gasteiger partial charge in [-0.2, -0.15) is 4.67 Å². The quantitative estimate of drug-likeness (QED) is 0.0116. The van der Waals surface area contributed by atoms with E-state index in [0.29, 0.717) is 13.0 Å². The van der Waals surface area contributed by atoms with Crippen LogP contribution in [0.15, 0.2) is 48.6 Å². The number of quaternary nitrogens is 1. The fourth-order valence-corrected chi connectivity index (χ4v) is 8.76. The topological polar surface area (TPSA) is 63.2 Å². The Hall–Kier alpha value is -1.34. The van der Waals surface area contributed by atoms with E-state index in [1.165, 1.54) is 136 Å². The van der Waals surface area contributed by atoms with E-state index < -0.39 is 8.60 Å². The maximum absolute atomic E-state index is 13.3. The molecule has 0 aromatic carbocycles. The van der Waals surface area contributed by atoms with E-state index in [2.05, 4.69) is 104 Å². The minimum Gasteiger partial charge on any atom is -0.462 e. The minimum absolute atomic E-state index is 0.0253. The highest BCUT2D eigenvalue weighted by atomic mass is 31.2. The molecule has 0 bridgehead atoms. The molecule has 8 heteroatoms. The van der Waals surface area contributed by atoms with E-state index in [1.807, 2.05) is 0 Å². The molecule has 0 N–H and O–H groups in total. The van der Waals surface area contributed by atoms with Crippen LogP contribution in [0.25, 0.3) is 0 Å². The first-order valence-corrected chi connectivity index (χ1v) is 26.2. The number of unbranched alkanes of at least 4 members (excludes halogenated alkanes) is 18. The van der Waals surface area contributed by atoms with Gasteiger partial charge in [-0.05, 0) is 109 Å². The smallest absolute Gasteiger partial charge is 0.362 e. The lowest BCUT2D eigenvalue weighted by Crippen LogP contribution is -2.58. The molecule has 0 aromatic rings. The zero-order valence-corrected chi connectivity index (χ0v) is 42.9. The highest BCUT2D eigenvalue weighted by Gasteiger charge is 2.41. The summed E-state index contributed by atoms with van der Waals surface area (Å²) >= 11 is 0. The van der Waals surface area contributed by atoms with E-state index in [0.717, 1.165) is 62.4 Å². The van der Waals surface area contributed by atoms with Gasteiger partial charge in [0.2, 0.25) is 0 Å². The summed E-state index contributed by atoms with van der Waals surface area (Å²) in [5.74, 6) is -0.0253. The summed E-state index contributed by atoms with van der Waals surface area (Å²) in [6.07, 6.45) is 52.9. The lowest BCUT2D eigenvalue weighted by molar-refractivity contribution is -0.939. The van der Waals surface area contributed by atoms with Crippen LogP contribution in [0.1, 0.15) is 228 Å². The highest BCUT2D eigenvalue weighted by Crippen LogP contribution is 2.43. The molecule has 0 aliphatic rings. The van der Waals surface area contributed by atoms with E-state index in [4.69, 9.17) is 23.3 Å². The van der Waals surface area contributed by atoms with Gasteiger partial charge in [0.15, 0.2) is 0 Å². The number of nitrogens with zero attached hydrogens (tertiary/aromatic N) is 1. The third-order valence-electron chi connectivity index (χ3n) is 12.2. The van der Waals surface area contributed by atoms with Gasteiger partial charge in [0.1, 0.15) is 6.10 Å². The number of hydrogen-bond acceptors (Lipinski definition) is 6. The average Bonchev–Trinajstić information content (AvgIpc) is 3.21. The first-order chi connectivity index (χ1) is 29.3. The number of carbonyl (C=O) groups excluding carboxylic acids is 1. The molecule has 7 nitrogen and oxygen atoms in total. The number of hydrogen-bond donors (Lipinski definition) is 0. The maximum Gasteiger partial charge on any atom is 0.362 e. The molecule has 61 heavy (non-hydrogen) atoms. The molecular formula is C53H101NO6P+. The second-order valence-electron chi connectivity index (χ2n) is 19.4. The van der Waals surface area contributed by atoms with Crippen molar-refractivity contribution in [1.82, 2.24) is 0 Å². The van der Waals surface area contributed by atoms with Crippen LogP contribution in [-0.4, -0.2) is 63.6 Å². The summed E-state index contributed by atoms with van der Waals surface area (Å²) < 4.78 is 23.3. The molecule has 0 aromatic heterocycles. The lowest BCUT2D eigenvalue weighted by Gasteiger charge is -2.48. The summed E-state index contributed by atoms with van der Waals surface area (Å²) in [7, 11) is 6.04. The molecule has 1 atom stereocenters. The normalized spacial score (nSPS) is 13.6. The maximum atomic E-state index is 13.3. The Morgan fingerprint density at radius 1 is 0.590 bits per heavy atom. The van der Waals surface area contributed by atoms with Crippen LogP contribution in [0, 0.1) is 5.41 Å². The molecule has 0 spiro atoms. The second-order valence-corrected chi connectivity index (χ2v) is 20.7. The summed E-state index contributed by atoms with van der Waals surface area (Å²) in [6.45, 7) is 15.0. The van der Waals surface area contributed by atoms with Gasteiger partial charge in [0, 0.05) is 20.0 Å². The predicted octanol–water partition coefficient (Wildman–Crippen LogP) is 16.8. The van der Waals surface area contributed by atoms with E-state index >= 15 is 0 Å². The predicted molar refractivity (Wildman–Crippen MR) is 264 cm³/mol. The van der Waals surface area contributed by atoms with Gasteiger partial charge in [-0.3, -0.25) is 4.79 Å². The monoisotopic (exact) mass is 879 g/mol. The largest absolute Gasteiger partial charge is 0.462 e. The number of rotatable bonds is 44. The van der Waals surface area contributed by atoms with Gasteiger partial charge in [-0.1, -0.05) is 153 Å².